The molecule has 0 spiro atoms. The van der Waals surface area contributed by atoms with Crippen molar-refractivity contribution in [1.82, 2.24) is 10.3 Å². The number of aryl methyl sites for hydroxylation is 3. The number of aromatic nitrogens is 1. The molecule has 6 heteroatoms. The van der Waals surface area contributed by atoms with Crippen molar-refractivity contribution in [3.63, 3.8) is 0 Å². The van der Waals surface area contributed by atoms with Crippen LogP contribution in [0.25, 0.3) is 0 Å². The van der Waals surface area contributed by atoms with Gasteiger partial charge in [0, 0.05) is 23.1 Å². The normalized spacial score (nSPS) is 11.9. The number of urea groups is 1. The van der Waals surface area contributed by atoms with E-state index < -0.39 is 0 Å². The molecular formula is C25H37N3OS2. The number of nitrogens with zero attached hydrogens (tertiary/aromatic N) is 1. The number of amides is 2. The number of hydrogen-bond donors (Lipinski definition) is 2. The standard InChI is InChI=1S/C25H37N3OS2/c1-7-8-9-10-11-20(21-14-17(2)12-13-18(21)3)16-26-25(29)28-23-22(30-5)15-19(4)27-24(23)31-6/h12-15,20H,7-11,16H2,1-6H3,(H2,26,28,29). The van der Waals surface area contributed by atoms with Crippen molar-refractivity contribution in [3.05, 3.63) is 46.6 Å². The lowest BCUT2D eigenvalue weighted by Crippen LogP contribution is -2.33. The number of benzene rings is 1. The number of unbranched alkanes of at least 4 members (excludes halogenated alkanes) is 3. The minimum Gasteiger partial charge on any atom is -0.337 e. The van der Waals surface area contributed by atoms with Gasteiger partial charge < -0.3 is 10.6 Å². The van der Waals surface area contributed by atoms with Gasteiger partial charge in [-0.3, -0.25) is 0 Å². The minimum absolute atomic E-state index is 0.167. The van der Waals surface area contributed by atoms with Crippen LogP contribution in [0.15, 0.2) is 34.2 Å². The topological polar surface area (TPSA) is 54.0 Å². The quantitative estimate of drug-likeness (QED) is 0.273. The van der Waals surface area contributed by atoms with Crippen LogP contribution in [0.5, 0.6) is 0 Å². The highest BCUT2D eigenvalue weighted by Crippen LogP contribution is 2.33. The van der Waals surface area contributed by atoms with E-state index in [4.69, 9.17) is 0 Å². The monoisotopic (exact) mass is 459 g/mol. The Bertz CT molecular complexity index is 845. The molecule has 1 aromatic carbocycles. The summed E-state index contributed by atoms with van der Waals surface area (Å²) >= 11 is 3.18. The van der Waals surface area contributed by atoms with E-state index in [2.05, 4.69) is 54.6 Å². The largest absolute Gasteiger partial charge is 0.337 e. The van der Waals surface area contributed by atoms with Crippen LogP contribution in [0.1, 0.15) is 67.3 Å². The molecule has 2 N–H and O–H groups in total. The average Bonchev–Trinajstić information content (AvgIpc) is 2.75. The van der Waals surface area contributed by atoms with E-state index in [0.717, 1.165) is 27.7 Å². The van der Waals surface area contributed by atoms with E-state index in [9.17, 15) is 4.79 Å². The molecule has 0 aliphatic heterocycles. The summed E-state index contributed by atoms with van der Waals surface area (Å²) in [5, 5.41) is 7.05. The fraction of sp³-hybridized carbons (Fsp3) is 0.520. The summed E-state index contributed by atoms with van der Waals surface area (Å²) in [6, 6.07) is 8.48. The number of carbonyl (C=O) groups excluding carboxylic acids is 1. The van der Waals surface area contributed by atoms with Crippen LogP contribution in [0.4, 0.5) is 10.5 Å². The molecule has 31 heavy (non-hydrogen) atoms. The first kappa shape index (κ1) is 25.6. The molecule has 0 bridgehead atoms. The molecule has 1 atom stereocenters. The highest BCUT2D eigenvalue weighted by atomic mass is 32.2. The van der Waals surface area contributed by atoms with Gasteiger partial charge in [0.1, 0.15) is 5.03 Å². The third kappa shape index (κ3) is 7.76. The average molecular weight is 460 g/mol. The van der Waals surface area contributed by atoms with Crippen molar-refractivity contribution < 1.29 is 4.79 Å². The molecule has 0 aliphatic carbocycles. The van der Waals surface area contributed by atoms with Gasteiger partial charge in [-0.2, -0.15) is 0 Å². The van der Waals surface area contributed by atoms with E-state index in [1.807, 2.05) is 25.5 Å². The Morgan fingerprint density at radius 1 is 1.06 bits per heavy atom. The highest BCUT2D eigenvalue weighted by Gasteiger charge is 2.17. The number of carbonyl (C=O) groups is 1. The number of pyridine rings is 1. The molecule has 170 valence electrons. The number of nitrogens with one attached hydrogen (secondary N) is 2. The van der Waals surface area contributed by atoms with Gasteiger partial charge in [-0.15, -0.1) is 23.5 Å². The van der Waals surface area contributed by atoms with Gasteiger partial charge in [0.05, 0.1) is 5.69 Å². The lowest BCUT2D eigenvalue weighted by Gasteiger charge is -2.21. The second-order valence-corrected chi connectivity index (χ2v) is 9.73. The van der Waals surface area contributed by atoms with Gasteiger partial charge in [0.15, 0.2) is 0 Å². The lowest BCUT2D eigenvalue weighted by atomic mass is 9.89. The van der Waals surface area contributed by atoms with E-state index >= 15 is 0 Å². The summed E-state index contributed by atoms with van der Waals surface area (Å²) in [7, 11) is 0. The van der Waals surface area contributed by atoms with Crippen LogP contribution in [-0.2, 0) is 0 Å². The summed E-state index contributed by atoms with van der Waals surface area (Å²) in [5.41, 5.74) is 5.67. The van der Waals surface area contributed by atoms with E-state index in [0.29, 0.717) is 12.5 Å². The molecule has 0 saturated carbocycles. The number of rotatable bonds is 11. The second-order valence-electron chi connectivity index (χ2n) is 8.09. The number of hydrogen-bond acceptors (Lipinski definition) is 4. The van der Waals surface area contributed by atoms with Crippen LogP contribution in [0, 0.1) is 20.8 Å². The number of anilines is 1. The van der Waals surface area contributed by atoms with E-state index in [-0.39, 0.29) is 6.03 Å². The molecule has 2 amide bonds. The summed E-state index contributed by atoms with van der Waals surface area (Å²) in [5.74, 6) is 0.318. The number of thioether (sulfide) groups is 2. The van der Waals surface area contributed by atoms with Gasteiger partial charge in [-0.1, -0.05) is 56.4 Å². The molecule has 1 aromatic heterocycles. The molecule has 2 rings (SSSR count). The zero-order valence-electron chi connectivity index (χ0n) is 19.8. The Balaban J connectivity index is 2.12. The Hall–Kier alpha value is -1.66. The zero-order valence-corrected chi connectivity index (χ0v) is 21.4. The lowest BCUT2D eigenvalue weighted by molar-refractivity contribution is 0.251. The Kier molecular flexibility index (Phi) is 10.7. The van der Waals surface area contributed by atoms with Gasteiger partial charge >= 0.3 is 6.03 Å². The molecule has 0 aliphatic rings. The zero-order chi connectivity index (χ0) is 22.8. The van der Waals surface area contributed by atoms with Gasteiger partial charge in [0.2, 0.25) is 0 Å². The third-order valence-corrected chi connectivity index (χ3v) is 6.96. The molecule has 0 radical (unpaired) electrons. The smallest absolute Gasteiger partial charge is 0.319 e. The van der Waals surface area contributed by atoms with Crippen LogP contribution in [-0.4, -0.2) is 30.1 Å². The van der Waals surface area contributed by atoms with Gasteiger partial charge in [-0.25, -0.2) is 9.78 Å². The van der Waals surface area contributed by atoms with Crippen LogP contribution < -0.4 is 10.6 Å². The summed E-state index contributed by atoms with van der Waals surface area (Å²) in [4.78, 5) is 18.5. The maximum absolute atomic E-state index is 12.8. The maximum atomic E-state index is 12.8. The molecule has 0 saturated heterocycles. The third-order valence-electron chi connectivity index (χ3n) is 5.52. The van der Waals surface area contributed by atoms with Gasteiger partial charge in [-0.05, 0) is 56.9 Å². The maximum Gasteiger partial charge on any atom is 0.319 e. The summed E-state index contributed by atoms with van der Waals surface area (Å²) in [6.07, 6.45) is 10.0. The molecule has 4 nitrogen and oxygen atoms in total. The van der Waals surface area contributed by atoms with Crippen molar-refractivity contribution in [3.8, 4) is 0 Å². The van der Waals surface area contributed by atoms with Crippen LogP contribution >= 0.6 is 23.5 Å². The van der Waals surface area contributed by atoms with Crippen LogP contribution in [0.2, 0.25) is 0 Å². The predicted octanol–water partition coefficient (Wildman–Crippen LogP) is 7.33. The first-order valence-electron chi connectivity index (χ1n) is 11.1. The predicted molar refractivity (Wildman–Crippen MR) is 137 cm³/mol. The minimum atomic E-state index is -0.167. The Morgan fingerprint density at radius 3 is 2.52 bits per heavy atom. The van der Waals surface area contributed by atoms with Crippen molar-refractivity contribution in [2.75, 3.05) is 24.4 Å². The van der Waals surface area contributed by atoms with Crippen molar-refractivity contribution in [2.24, 2.45) is 0 Å². The van der Waals surface area contributed by atoms with Crippen molar-refractivity contribution >= 4 is 35.2 Å². The fourth-order valence-electron chi connectivity index (χ4n) is 3.80. The summed E-state index contributed by atoms with van der Waals surface area (Å²) in [6.45, 7) is 9.15. The Morgan fingerprint density at radius 2 is 1.84 bits per heavy atom. The van der Waals surface area contributed by atoms with E-state index in [1.54, 1.807) is 23.5 Å². The van der Waals surface area contributed by atoms with Crippen molar-refractivity contribution in [1.29, 1.82) is 0 Å². The van der Waals surface area contributed by atoms with E-state index in [1.165, 1.54) is 42.4 Å². The first-order valence-corrected chi connectivity index (χ1v) is 13.6. The summed E-state index contributed by atoms with van der Waals surface area (Å²) < 4.78 is 0. The Labute approximate surface area is 196 Å². The molecular weight excluding hydrogens is 422 g/mol. The molecule has 2 aromatic rings. The fourth-order valence-corrected chi connectivity index (χ4v) is 5.10. The molecule has 1 heterocycles. The van der Waals surface area contributed by atoms with Gasteiger partial charge in [0.25, 0.3) is 0 Å². The van der Waals surface area contributed by atoms with Crippen LogP contribution in [0.3, 0.4) is 0 Å². The first-order chi connectivity index (χ1) is 14.9. The highest BCUT2D eigenvalue weighted by molar-refractivity contribution is 7.99. The SMILES string of the molecule is CCCCCCC(CNC(=O)Nc1c(SC)cc(C)nc1SC)c1cc(C)ccc1C. The van der Waals surface area contributed by atoms with Crippen molar-refractivity contribution in [2.45, 2.75) is 75.6 Å². The second kappa shape index (κ2) is 13.0. The molecule has 1 unspecified atom stereocenters. The molecule has 0 fully saturated rings.